The van der Waals surface area contributed by atoms with Crippen LogP contribution in [0.4, 0.5) is 0 Å². The van der Waals surface area contributed by atoms with Crippen LogP contribution in [0.15, 0.2) is 30.9 Å². The van der Waals surface area contributed by atoms with Crippen LogP contribution in [-0.2, 0) is 13.1 Å². The van der Waals surface area contributed by atoms with Gasteiger partial charge in [-0.2, -0.15) is 5.10 Å². The van der Waals surface area contributed by atoms with E-state index in [0.717, 1.165) is 30.2 Å². The lowest BCUT2D eigenvalue weighted by Crippen LogP contribution is -2.15. The van der Waals surface area contributed by atoms with Crippen molar-refractivity contribution in [3.63, 3.8) is 0 Å². The van der Waals surface area contributed by atoms with E-state index < -0.39 is 0 Å². The van der Waals surface area contributed by atoms with Crippen molar-refractivity contribution >= 4 is 0 Å². The second kappa shape index (κ2) is 5.40. The molecule has 0 spiro atoms. The molecule has 1 aliphatic rings. The number of hydrogen-bond donors (Lipinski definition) is 1. The maximum absolute atomic E-state index is 5.75. The van der Waals surface area contributed by atoms with E-state index in [-0.39, 0.29) is 0 Å². The summed E-state index contributed by atoms with van der Waals surface area (Å²) in [5, 5.41) is 7.65. The Morgan fingerprint density at radius 2 is 2.21 bits per heavy atom. The highest BCUT2D eigenvalue weighted by Gasteiger charge is 2.19. The maximum atomic E-state index is 5.75. The van der Waals surface area contributed by atoms with Crippen molar-refractivity contribution in [2.75, 3.05) is 0 Å². The lowest BCUT2D eigenvalue weighted by atomic mass is 10.3. The van der Waals surface area contributed by atoms with Crippen LogP contribution in [0.3, 0.4) is 0 Å². The monoisotopic (exact) mass is 258 g/mol. The summed E-state index contributed by atoms with van der Waals surface area (Å²) in [5.41, 5.74) is 1.15. The normalized spacial score (nSPS) is 14.6. The smallest absolute Gasteiger partial charge is 0.165 e. The molecule has 0 aromatic carbocycles. The van der Waals surface area contributed by atoms with Crippen molar-refractivity contribution in [3.05, 3.63) is 36.4 Å². The first-order chi connectivity index (χ1) is 9.33. The highest BCUT2D eigenvalue weighted by Crippen LogP contribution is 2.22. The number of ether oxygens (including phenoxy) is 1. The highest BCUT2D eigenvalue weighted by atomic mass is 16.5. The first kappa shape index (κ1) is 12.2. The second-order valence-corrected chi connectivity index (χ2v) is 4.82. The Balaban J connectivity index is 1.64. The average Bonchev–Trinajstić information content (AvgIpc) is 3.16. The van der Waals surface area contributed by atoms with Crippen LogP contribution < -0.4 is 10.1 Å². The predicted molar refractivity (Wildman–Crippen MR) is 72.1 cm³/mol. The summed E-state index contributed by atoms with van der Waals surface area (Å²) in [7, 11) is 0. The van der Waals surface area contributed by atoms with Crippen LogP contribution >= 0.6 is 0 Å². The van der Waals surface area contributed by atoms with Crippen molar-refractivity contribution in [1.29, 1.82) is 0 Å². The van der Waals surface area contributed by atoms with E-state index in [0.29, 0.717) is 6.04 Å². The van der Waals surface area contributed by atoms with E-state index in [1.807, 2.05) is 30.1 Å². The summed E-state index contributed by atoms with van der Waals surface area (Å²) in [4.78, 5) is 4.21. The molecule has 0 aliphatic heterocycles. The van der Waals surface area contributed by atoms with Gasteiger partial charge in [0.2, 0.25) is 0 Å². The van der Waals surface area contributed by atoms with Crippen molar-refractivity contribution in [3.8, 4) is 11.5 Å². The SMILES string of the molecule is CCn1cc(Oc2cncc(CNC3CC3)c2)cn1. The van der Waals surface area contributed by atoms with Gasteiger partial charge in [-0.15, -0.1) is 0 Å². The molecule has 3 rings (SSSR count). The quantitative estimate of drug-likeness (QED) is 0.864. The minimum Gasteiger partial charge on any atom is -0.452 e. The van der Waals surface area contributed by atoms with Crippen LogP contribution in [0.2, 0.25) is 0 Å². The average molecular weight is 258 g/mol. The van der Waals surface area contributed by atoms with E-state index in [1.165, 1.54) is 12.8 Å². The molecule has 0 saturated heterocycles. The predicted octanol–water partition coefficient (Wildman–Crippen LogP) is 2.34. The van der Waals surface area contributed by atoms with Gasteiger partial charge in [0.25, 0.3) is 0 Å². The topological polar surface area (TPSA) is 52.0 Å². The molecule has 100 valence electrons. The molecule has 0 unspecified atom stereocenters. The third-order valence-corrected chi connectivity index (χ3v) is 3.11. The maximum Gasteiger partial charge on any atom is 0.165 e. The number of rotatable bonds is 6. The number of nitrogens with one attached hydrogen (secondary N) is 1. The third kappa shape index (κ3) is 3.32. The fraction of sp³-hybridized carbons (Fsp3) is 0.429. The molecule has 19 heavy (non-hydrogen) atoms. The molecule has 1 aliphatic carbocycles. The minimum atomic E-state index is 0.701. The minimum absolute atomic E-state index is 0.701. The zero-order chi connectivity index (χ0) is 13.1. The van der Waals surface area contributed by atoms with E-state index in [2.05, 4.69) is 15.4 Å². The Bertz CT molecular complexity index is 548. The summed E-state index contributed by atoms with van der Waals surface area (Å²) in [6.07, 6.45) is 9.79. The van der Waals surface area contributed by atoms with Crippen LogP contribution in [0, 0.1) is 0 Å². The highest BCUT2D eigenvalue weighted by molar-refractivity contribution is 5.28. The number of aryl methyl sites for hydroxylation is 1. The van der Waals surface area contributed by atoms with Crippen LogP contribution in [0.5, 0.6) is 11.5 Å². The largest absolute Gasteiger partial charge is 0.452 e. The standard InChI is InChI=1S/C14H18N4O/c1-2-18-10-14(9-17-18)19-13-5-11(6-15-8-13)7-16-12-3-4-12/h5-6,8-10,12,16H,2-4,7H2,1H3. The Morgan fingerprint density at radius 1 is 1.32 bits per heavy atom. The fourth-order valence-corrected chi connectivity index (χ4v) is 1.87. The summed E-state index contributed by atoms with van der Waals surface area (Å²) in [6, 6.07) is 2.72. The van der Waals surface area contributed by atoms with Gasteiger partial charge in [-0.1, -0.05) is 0 Å². The van der Waals surface area contributed by atoms with Gasteiger partial charge in [-0.05, 0) is 31.4 Å². The summed E-state index contributed by atoms with van der Waals surface area (Å²) in [5.74, 6) is 1.50. The van der Waals surface area contributed by atoms with Gasteiger partial charge < -0.3 is 10.1 Å². The molecule has 5 nitrogen and oxygen atoms in total. The zero-order valence-electron chi connectivity index (χ0n) is 11.0. The van der Waals surface area contributed by atoms with Gasteiger partial charge in [0, 0.05) is 25.3 Å². The van der Waals surface area contributed by atoms with Gasteiger partial charge in [0.1, 0.15) is 5.75 Å². The van der Waals surface area contributed by atoms with Gasteiger partial charge in [0.05, 0.1) is 18.6 Å². The van der Waals surface area contributed by atoms with E-state index in [1.54, 1.807) is 12.4 Å². The number of nitrogens with zero attached hydrogens (tertiary/aromatic N) is 3. The fourth-order valence-electron chi connectivity index (χ4n) is 1.87. The van der Waals surface area contributed by atoms with Crippen molar-refractivity contribution in [2.24, 2.45) is 0 Å². The molecule has 0 radical (unpaired) electrons. The lowest BCUT2D eigenvalue weighted by Gasteiger charge is -2.06. The first-order valence-electron chi connectivity index (χ1n) is 6.71. The van der Waals surface area contributed by atoms with Crippen molar-refractivity contribution < 1.29 is 4.74 Å². The van der Waals surface area contributed by atoms with Gasteiger partial charge >= 0.3 is 0 Å². The van der Waals surface area contributed by atoms with Crippen LogP contribution in [0.25, 0.3) is 0 Å². The van der Waals surface area contributed by atoms with Crippen molar-refractivity contribution in [1.82, 2.24) is 20.1 Å². The van der Waals surface area contributed by atoms with Crippen molar-refractivity contribution in [2.45, 2.75) is 38.9 Å². The molecular weight excluding hydrogens is 240 g/mol. The Kier molecular flexibility index (Phi) is 3.46. The molecule has 1 N–H and O–H groups in total. The summed E-state index contributed by atoms with van der Waals surface area (Å²) in [6.45, 7) is 3.73. The number of hydrogen-bond acceptors (Lipinski definition) is 4. The molecule has 2 aromatic rings. The molecule has 2 heterocycles. The molecule has 1 saturated carbocycles. The summed E-state index contributed by atoms with van der Waals surface area (Å²) < 4.78 is 7.58. The molecule has 5 heteroatoms. The molecule has 2 aromatic heterocycles. The van der Waals surface area contributed by atoms with E-state index >= 15 is 0 Å². The first-order valence-corrected chi connectivity index (χ1v) is 6.71. The molecule has 0 atom stereocenters. The van der Waals surface area contributed by atoms with Gasteiger partial charge in [-0.25, -0.2) is 0 Å². The molecular formula is C14H18N4O. The zero-order valence-corrected chi connectivity index (χ0v) is 11.0. The molecule has 1 fully saturated rings. The second-order valence-electron chi connectivity index (χ2n) is 4.82. The number of aromatic nitrogens is 3. The molecule has 0 bridgehead atoms. The van der Waals surface area contributed by atoms with Crippen LogP contribution in [0.1, 0.15) is 25.3 Å². The van der Waals surface area contributed by atoms with E-state index in [9.17, 15) is 0 Å². The Morgan fingerprint density at radius 3 is 2.95 bits per heavy atom. The van der Waals surface area contributed by atoms with E-state index in [4.69, 9.17) is 4.74 Å². The van der Waals surface area contributed by atoms with Crippen LogP contribution in [-0.4, -0.2) is 20.8 Å². The Labute approximate surface area is 112 Å². The lowest BCUT2D eigenvalue weighted by molar-refractivity contribution is 0.477. The third-order valence-electron chi connectivity index (χ3n) is 3.11. The molecule has 0 amide bonds. The Hall–Kier alpha value is -1.88. The van der Waals surface area contributed by atoms with Gasteiger partial charge in [0.15, 0.2) is 5.75 Å². The number of pyridine rings is 1. The van der Waals surface area contributed by atoms with Gasteiger partial charge in [-0.3, -0.25) is 9.67 Å². The summed E-state index contributed by atoms with van der Waals surface area (Å²) >= 11 is 0.